The highest BCUT2D eigenvalue weighted by atomic mass is 16.6. The lowest BCUT2D eigenvalue weighted by atomic mass is 9.88. The van der Waals surface area contributed by atoms with E-state index in [9.17, 15) is 19.5 Å². The van der Waals surface area contributed by atoms with Crippen molar-refractivity contribution in [2.24, 2.45) is 5.92 Å². The molecule has 142 valence electrons. The maximum absolute atomic E-state index is 12.4. The first-order valence-corrected chi connectivity index (χ1v) is 8.73. The predicted octanol–water partition coefficient (Wildman–Crippen LogP) is 2.06. The van der Waals surface area contributed by atoms with Gasteiger partial charge in [0, 0.05) is 26.4 Å². The number of allylic oxidation sites excluding steroid dienone is 2. The number of ketones is 2. The monoisotopic (exact) mass is 362 g/mol. The van der Waals surface area contributed by atoms with E-state index in [1.807, 2.05) is 6.92 Å². The van der Waals surface area contributed by atoms with Crippen LogP contribution in [0.2, 0.25) is 0 Å². The highest BCUT2D eigenvalue weighted by molar-refractivity contribution is 5.97. The summed E-state index contributed by atoms with van der Waals surface area (Å²) in [7, 11) is 1.40. The van der Waals surface area contributed by atoms with Crippen LogP contribution in [0.15, 0.2) is 35.5 Å². The van der Waals surface area contributed by atoms with Crippen LogP contribution in [0.3, 0.4) is 0 Å². The third-order valence-electron chi connectivity index (χ3n) is 4.88. The molecule has 1 fully saturated rings. The van der Waals surface area contributed by atoms with Gasteiger partial charge in [0.25, 0.3) is 0 Å². The van der Waals surface area contributed by atoms with E-state index in [1.165, 1.54) is 13.2 Å². The van der Waals surface area contributed by atoms with Crippen LogP contribution >= 0.6 is 0 Å². The summed E-state index contributed by atoms with van der Waals surface area (Å²) < 4.78 is 10.5. The third kappa shape index (κ3) is 4.77. The summed E-state index contributed by atoms with van der Waals surface area (Å²) in [6.45, 7) is 7.45. The Balaban J connectivity index is 2.37. The summed E-state index contributed by atoms with van der Waals surface area (Å²) in [6.07, 6.45) is 1.27. The number of carbonyl (C=O) groups excluding carboxylic acids is 3. The third-order valence-corrected chi connectivity index (χ3v) is 4.88. The van der Waals surface area contributed by atoms with Gasteiger partial charge in [0.05, 0.1) is 5.57 Å². The lowest BCUT2D eigenvalue weighted by Crippen LogP contribution is -2.27. The fourth-order valence-electron chi connectivity index (χ4n) is 3.25. The van der Waals surface area contributed by atoms with Crippen LogP contribution in [0.5, 0.6) is 0 Å². The molecule has 1 N–H and O–H groups in total. The second-order valence-electron chi connectivity index (χ2n) is 7.10. The van der Waals surface area contributed by atoms with Gasteiger partial charge in [-0.05, 0) is 32.3 Å². The molecule has 6 heteroatoms. The molecule has 0 aromatic heterocycles. The fraction of sp³-hybridized carbons (Fsp3) is 0.550. The maximum Gasteiger partial charge on any atom is 0.336 e. The number of ether oxygens (including phenoxy) is 2. The largest absolute Gasteiger partial charge is 0.455 e. The van der Waals surface area contributed by atoms with Crippen LogP contribution in [-0.2, 0) is 23.9 Å². The first kappa shape index (κ1) is 20.3. The van der Waals surface area contributed by atoms with Gasteiger partial charge < -0.3 is 14.6 Å². The Morgan fingerprint density at radius 1 is 1.27 bits per heavy atom. The molecule has 6 nitrogen and oxygen atoms in total. The van der Waals surface area contributed by atoms with Gasteiger partial charge in [-0.3, -0.25) is 9.59 Å². The molecule has 0 unspecified atom stereocenters. The van der Waals surface area contributed by atoms with Crippen molar-refractivity contribution in [3.05, 3.63) is 35.5 Å². The van der Waals surface area contributed by atoms with Gasteiger partial charge in [-0.15, -0.1) is 0 Å². The minimum absolute atomic E-state index is 0.000941. The SMILES string of the molecule is C=C(C)[C@H]1C/C=C2\C(=O)O[C@H](C/C(C)=C\C(=O)[C@@H](OC)CC(=O)C1)[C@H]2O. The van der Waals surface area contributed by atoms with E-state index < -0.39 is 24.3 Å². The van der Waals surface area contributed by atoms with E-state index in [1.54, 1.807) is 13.0 Å². The summed E-state index contributed by atoms with van der Waals surface area (Å²) in [6, 6.07) is 0. The number of methoxy groups -OCH3 is 1. The number of fused-ring (bicyclic) bond motifs is 2. The quantitative estimate of drug-likeness (QED) is 0.597. The molecule has 1 aliphatic carbocycles. The number of rotatable bonds is 2. The number of esters is 1. The molecule has 0 aromatic rings. The molecule has 0 amide bonds. The van der Waals surface area contributed by atoms with E-state index in [2.05, 4.69) is 6.58 Å². The summed E-state index contributed by atoms with van der Waals surface area (Å²) in [5.41, 5.74) is 1.66. The standard InChI is InChI=1S/C20H26O6/c1-11(2)13-5-6-15-19(23)18(26-20(15)24)8-12(3)7-16(22)17(25-4)10-14(21)9-13/h6-7,13,17-19,23H,1,5,8-10H2,2-4H3/b12-7-,15-6-/t13-,17-,18+,19-/m0/s1. The van der Waals surface area contributed by atoms with Gasteiger partial charge >= 0.3 is 5.97 Å². The molecule has 1 heterocycles. The van der Waals surface area contributed by atoms with Crippen molar-refractivity contribution < 1.29 is 29.0 Å². The maximum atomic E-state index is 12.4. The molecule has 1 saturated heterocycles. The van der Waals surface area contributed by atoms with Gasteiger partial charge in [-0.25, -0.2) is 4.79 Å². The predicted molar refractivity (Wildman–Crippen MR) is 95.3 cm³/mol. The second kappa shape index (κ2) is 8.56. The Hall–Kier alpha value is -2.05. The Kier molecular flexibility index (Phi) is 6.67. The van der Waals surface area contributed by atoms with E-state index in [0.717, 1.165) is 5.57 Å². The highest BCUT2D eigenvalue weighted by Gasteiger charge is 2.38. The van der Waals surface area contributed by atoms with Crippen molar-refractivity contribution >= 4 is 17.5 Å². The number of hydrogen-bond donors (Lipinski definition) is 1. The Morgan fingerprint density at radius 3 is 2.58 bits per heavy atom. The molecule has 26 heavy (non-hydrogen) atoms. The molecule has 4 atom stereocenters. The molecule has 2 bridgehead atoms. The number of aliphatic hydroxyl groups excluding tert-OH is 1. The second-order valence-corrected chi connectivity index (χ2v) is 7.10. The van der Waals surface area contributed by atoms with Crippen molar-refractivity contribution in [1.29, 1.82) is 0 Å². The molecule has 1 aliphatic heterocycles. The topological polar surface area (TPSA) is 89.9 Å². The zero-order valence-electron chi connectivity index (χ0n) is 15.5. The van der Waals surface area contributed by atoms with Gasteiger partial charge in [-0.2, -0.15) is 0 Å². The number of carbonyl (C=O) groups is 3. The summed E-state index contributed by atoms with van der Waals surface area (Å²) in [5.74, 6) is -1.15. The Bertz CT molecular complexity index is 672. The Labute approximate surface area is 153 Å². The zero-order chi connectivity index (χ0) is 19.4. The lowest BCUT2D eigenvalue weighted by molar-refractivity contribution is -0.139. The lowest BCUT2D eigenvalue weighted by Gasteiger charge is -2.18. The van der Waals surface area contributed by atoms with Crippen LogP contribution in [0.1, 0.15) is 39.5 Å². The van der Waals surface area contributed by atoms with Crippen LogP contribution in [0.4, 0.5) is 0 Å². The molecule has 2 rings (SSSR count). The molecule has 0 spiro atoms. The van der Waals surface area contributed by atoms with E-state index in [0.29, 0.717) is 12.0 Å². The molecular formula is C20H26O6. The first-order valence-electron chi connectivity index (χ1n) is 8.73. The minimum Gasteiger partial charge on any atom is -0.455 e. The number of aliphatic hydroxyl groups is 1. The van der Waals surface area contributed by atoms with Gasteiger partial charge in [0.1, 0.15) is 24.1 Å². The zero-order valence-corrected chi connectivity index (χ0v) is 15.5. The average Bonchev–Trinajstić information content (AvgIpc) is 2.81. The van der Waals surface area contributed by atoms with Crippen LogP contribution in [0.25, 0.3) is 0 Å². The first-order chi connectivity index (χ1) is 12.2. The normalized spacial score (nSPS) is 35.0. The van der Waals surface area contributed by atoms with Gasteiger partial charge in [0.2, 0.25) is 0 Å². The fourth-order valence-corrected chi connectivity index (χ4v) is 3.25. The van der Waals surface area contributed by atoms with E-state index >= 15 is 0 Å². The summed E-state index contributed by atoms with van der Waals surface area (Å²) in [4.78, 5) is 36.8. The van der Waals surface area contributed by atoms with Gasteiger partial charge in [-0.1, -0.05) is 23.8 Å². The molecule has 0 aromatic carbocycles. The van der Waals surface area contributed by atoms with E-state index in [-0.39, 0.29) is 42.3 Å². The van der Waals surface area contributed by atoms with Crippen LogP contribution in [0, 0.1) is 5.92 Å². The van der Waals surface area contributed by atoms with Crippen molar-refractivity contribution in [2.45, 2.75) is 57.8 Å². The number of hydrogen-bond acceptors (Lipinski definition) is 6. The number of Topliss-reactive ketones (excluding diaryl/α,β-unsaturated/α-hetero) is 1. The molecule has 2 aliphatic rings. The van der Waals surface area contributed by atoms with Crippen molar-refractivity contribution in [1.82, 2.24) is 0 Å². The molecular weight excluding hydrogens is 336 g/mol. The molecule has 0 radical (unpaired) electrons. The van der Waals surface area contributed by atoms with Crippen molar-refractivity contribution in [3.63, 3.8) is 0 Å². The smallest absolute Gasteiger partial charge is 0.336 e. The Morgan fingerprint density at radius 2 is 1.96 bits per heavy atom. The minimum atomic E-state index is -1.05. The highest BCUT2D eigenvalue weighted by Crippen LogP contribution is 2.29. The molecule has 0 saturated carbocycles. The summed E-state index contributed by atoms with van der Waals surface area (Å²) >= 11 is 0. The van der Waals surface area contributed by atoms with Crippen LogP contribution < -0.4 is 0 Å². The van der Waals surface area contributed by atoms with Crippen molar-refractivity contribution in [3.8, 4) is 0 Å². The van der Waals surface area contributed by atoms with Gasteiger partial charge in [0.15, 0.2) is 5.78 Å². The van der Waals surface area contributed by atoms with E-state index in [4.69, 9.17) is 9.47 Å². The average molecular weight is 362 g/mol. The van der Waals surface area contributed by atoms with Crippen molar-refractivity contribution in [2.75, 3.05) is 7.11 Å². The van der Waals surface area contributed by atoms with Crippen LogP contribution in [-0.4, -0.2) is 48.1 Å². The summed E-state index contributed by atoms with van der Waals surface area (Å²) in [5, 5.41) is 10.4.